The predicted molar refractivity (Wildman–Crippen MR) is 74.6 cm³/mol. The number of benzene rings is 1. The van der Waals surface area contributed by atoms with Crippen LogP contribution in [0.5, 0.6) is 0 Å². The Morgan fingerprint density at radius 1 is 1.22 bits per heavy atom. The second-order valence-corrected chi connectivity index (χ2v) is 4.61. The van der Waals surface area contributed by atoms with Gasteiger partial charge in [-0.3, -0.25) is 0 Å². The lowest BCUT2D eigenvalue weighted by Crippen LogP contribution is -2.27. The van der Waals surface area contributed by atoms with Gasteiger partial charge in [-0.2, -0.15) is 4.86 Å². The molecule has 1 aromatic carbocycles. The molecule has 0 aromatic heterocycles. The van der Waals surface area contributed by atoms with E-state index in [2.05, 4.69) is 24.3 Å². The maximum Gasteiger partial charge on any atom is 0.149 e. The van der Waals surface area contributed by atoms with Gasteiger partial charge in [0, 0.05) is 0 Å². The molecular weight excluding hydrogens is 226 g/mol. The average molecular weight is 249 g/mol. The lowest BCUT2D eigenvalue weighted by Gasteiger charge is -2.17. The molecule has 18 heavy (non-hydrogen) atoms. The largest absolute Gasteiger partial charge is 0.696 e. The highest BCUT2D eigenvalue weighted by Gasteiger charge is 2.17. The molecule has 0 aliphatic carbocycles. The van der Waals surface area contributed by atoms with Gasteiger partial charge >= 0.3 is 0 Å². The Morgan fingerprint density at radius 3 is 2.28 bits per heavy atom. The van der Waals surface area contributed by atoms with Crippen molar-refractivity contribution in [2.24, 2.45) is 5.22 Å². The highest BCUT2D eigenvalue weighted by molar-refractivity contribution is 5.47. The summed E-state index contributed by atoms with van der Waals surface area (Å²) in [5, 5.41) is 17.2. The van der Waals surface area contributed by atoms with Crippen molar-refractivity contribution in [3.05, 3.63) is 35.0 Å². The fraction of sp³-hybridized carbons (Fsp3) is 0.571. The van der Waals surface area contributed by atoms with E-state index in [4.69, 9.17) is 0 Å². The summed E-state index contributed by atoms with van der Waals surface area (Å²) < 4.78 is 0. The van der Waals surface area contributed by atoms with Gasteiger partial charge in [0.1, 0.15) is 18.3 Å². The van der Waals surface area contributed by atoms with Crippen LogP contribution in [0.1, 0.15) is 39.7 Å². The molecule has 0 saturated heterocycles. The van der Waals surface area contributed by atoms with E-state index in [0.717, 1.165) is 18.5 Å². The van der Waals surface area contributed by atoms with E-state index >= 15 is 0 Å². The van der Waals surface area contributed by atoms with Crippen molar-refractivity contribution >= 4 is 5.69 Å². The molecule has 4 nitrogen and oxygen atoms in total. The molecule has 0 saturated carbocycles. The second-order valence-electron chi connectivity index (χ2n) is 4.61. The summed E-state index contributed by atoms with van der Waals surface area (Å²) in [4.78, 5) is 0.708. The van der Waals surface area contributed by atoms with Gasteiger partial charge in [0.25, 0.3) is 0 Å². The molecule has 0 atom stereocenters. The molecule has 0 aliphatic rings. The molecule has 0 unspecified atom stereocenters. The van der Waals surface area contributed by atoms with Crippen LogP contribution in [0.2, 0.25) is 0 Å². The van der Waals surface area contributed by atoms with Gasteiger partial charge in [-0.25, -0.2) is 0 Å². The van der Waals surface area contributed by atoms with Gasteiger partial charge in [0.15, 0.2) is 0 Å². The summed E-state index contributed by atoms with van der Waals surface area (Å²) in [7, 11) is 0. The summed E-state index contributed by atoms with van der Waals surface area (Å²) in [5.74, 6) is 0. The zero-order valence-electron chi connectivity index (χ0n) is 11.8. The van der Waals surface area contributed by atoms with Gasteiger partial charge < -0.3 is 5.21 Å². The van der Waals surface area contributed by atoms with E-state index in [1.807, 2.05) is 26.0 Å². The minimum atomic E-state index is 0.157. The van der Waals surface area contributed by atoms with Crippen LogP contribution < -0.4 is 5.01 Å². The second kappa shape index (κ2) is 6.99. The molecule has 0 fully saturated rings. The van der Waals surface area contributed by atoms with Crippen molar-refractivity contribution in [1.29, 1.82) is 0 Å². The number of nitrogens with zero attached hydrogens (tertiary/aromatic N) is 3. The Hall–Kier alpha value is -1.58. The van der Waals surface area contributed by atoms with Crippen molar-refractivity contribution in [3.8, 4) is 0 Å². The van der Waals surface area contributed by atoms with Gasteiger partial charge in [0.2, 0.25) is 0 Å². The topological polar surface area (TPSA) is 41.7 Å². The summed E-state index contributed by atoms with van der Waals surface area (Å²) in [5.41, 5.74) is 2.28. The minimum absolute atomic E-state index is 0.157. The monoisotopic (exact) mass is 249 g/mol. The first-order valence-corrected chi connectivity index (χ1v) is 6.62. The minimum Gasteiger partial charge on any atom is -0.696 e. The Balaban J connectivity index is 2.92. The normalized spacial score (nSPS) is 11.9. The molecule has 0 bridgehead atoms. The number of aryl methyl sites for hydroxylation is 1. The van der Waals surface area contributed by atoms with Crippen LogP contribution in [0.4, 0.5) is 5.69 Å². The summed E-state index contributed by atoms with van der Waals surface area (Å²) in [6.07, 6.45) is 2.23. The van der Waals surface area contributed by atoms with E-state index in [-0.39, 0.29) is 6.04 Å². The zero-order chi connectivity index (χ0) is 13.5. The van der Waals surface area contributed by atoms with Crippen LogP contribution in [-0.4, -0.2) is 17.4 Å². The van der Waals surface area contributed by atoms with E-state index in [9.17, 15) is 5.21 Å². The summed E-state index contributed by atoms with van der Waals surface area (Å²) in [6, 6.07) is 8.41. The van der Waals surface area contributed by atoms with Crippen LogP contribution >= 0.6 is 0 Å². The molecule has 1 rings (SSSR count). The van der Waals surface area contributed by atoms with E-state index in [1.165, 1.54) is 5.56 Å². The van der Waals surface area contributed by atoms with Gasteiger partial charge in [-0.1, -0.05) is 25.5 Å². The summed E-state index contributed by atoms with van der Waals surface area (Å²) in [6.45, 7) is 8.36. The molecule has 100 valence electrons. The first kappa shape index (κ1) is 14.5. The maximum absolute atomic E-state index is 11.4. The smallest absolute Gasteiger partial charge is 0.149 e. The average Bonchev–Trinajstić information content (AvgIpc) is 2.37. The number of hydrogen-bond donors (Lipinski definition) is 0. The fourth-order valence-corrected chi connectivity index (χ4v) is 1.73. The third-order valence-corrected chi connectivity index (χ3v) is 2.70. The van der Waals surface area contributed by atoms with Crippen LogP contribution in [0.15, 0.2) is 29.5 Å². The molecular formula is C14H23N3O. The van der Waals surface area contributed by atoms with Gasteiger partial charge in [-0.15, -0.1) is 5.01 Å². The first-order valence-electron chi connectivity index (χ1n) is 6.62. The SMILES string of the molecule is CCCc1ccc(N(/N=[N+](\[O-])CC)C(C)C)cc1. The van der Waals surface area contributed by atoms with Crippen molar-refractivity contribution in [3.63, 3.8) is 0 Å². The van der Waals surface area contributed by atoms with Crippen molar-refractivity contribution in [2.75, 3.05) is 11.6 Å². The molecule has 4 heteroatoms. The third-order valence-electron chi connectivity index (χ3n) is 2.70. The fourth-order valence-electron chi connectivity index (χ4n) is 1.73. The van der Waals surface area contributed by atoms with Crippen molar-refractivity contribution < 1.29 is 4.86 Å². The quantitative estimate of drug-likeness (QED) is 0.437. The Bertz CT molecular complexity index is 385. The standard InChI is InChI=1S/C14H23N3O/c1-5-7-13-8-10-14(11-9-13)17(12(3)4)15-16(18)6-2/h8-12H,5-7H2,1-4H3/b16-15-. The number of rotatable bonds is 6. The first-order chi connectivity index (χ1) is 8.58. The Kier molecular flexibility index (Phi) is 5.62. The lowest BCUT2D eigenvalue weighted by molar-refractivity contribution is -0.528. The molecule has 0 radical (unpaired) electrons. The third kappa shape index (κ3) is 4.02. The van der Waals surface area contributed by atoms with Crippen molar-refractivity contribution in [1.82, 2.24) is 0 Å². The Morgan fingerprint density at radius 2 is 1.83 bits per heavy atom. The van der Waals surface area contributed by atoms with Crippen LogP contribution in [0, 0.1) is 5.21 Å². The number of hydroxylamine groups is 1. The number of hydrogen-bond acceptors (Lipinski definition) is 2. The Labute approximate surface area is 109 Å². The number of anilines is 1. The van der Waals surface area contributed by atoms with Gasteiger partial charge in [0.05, 0.1) is 5.22 Å². The lowest BCUT2D eigenvalue weighted by atomic mass is 10.1. The molecule has 0 amide bonds. The molecule has 0 N–H and O–H groups in total. The van der Waals surface area contributed by atoms with E-state index in [0.29, 0.717) is 11.4 Å². The van der Waals surface area contributed by atoms with Crippen molar-refractivity contribution in [2.45, 2.75) is 46.6 Å². The van der Waals surface area contributed by atoms with Gasteiger partial charge in [-0.05, 0) is 44.9 Å². The highest BCUT2D eigenvalue weighted by atomic mass is 16.5. The molecule has 0 heterocycles. The molecule has 0 spiro atoms. The van der Waals surface area contributed by atoms with Crippen LogP contribution in [0.3, 0.4) is 0 Å². The summed E-state index contributed by atoms with van der Waals surface area (Å²) >= 11 is 0. The van der Waals surface area contributed by atoms with E-state index in [1.54, 1.807) is 11.9 Å². The highest BCUT2D eigenvalue weighted by Crippen LogP contribution is 2.19. The van der Waals surface area contributed by atoms with Crippen LogP contribution in [-0.2, 0) is 6.42 Å². The van der Waals surface area contributed by atoms with E-state index < -0.39 is 0 Å². The predicted octanol–water partition coefficient (Wildman–Crippen LogP) is 3.75. The molecule has 0 aliphatic heterocycles. The van der Waals surface area contributed by atoms with Crippen LogP contribution in [0.25, 0.3) is 0 Å². The zero-order valence-corrected chi connectivity index (χ0v) is 11.8. The maximum atomic E-state index is 11.4. The molecule has 1 aromatic rings.